The number of hydrogen-bond donors (Lipinski definition) is 0. The van der Waals surface area contributed by atoms with Gasteiger partial charge in [0.05, 0.1) is 22.7 Å². The summed E-state index contributed by atoms with van der Waals surface area (Å²) in [5.74, 6) is -1.34. The standard InChI is InChI=1S/C9H5BrFNO2/c1-14-9(13)7-3-6(11)2-5(4-12)8(7)10/h2-3H,1H3. The van der Waals surface area contributed by atoms with E-state index in [1.165, 1.54) is 7.11 Å². The average molecular weight is 258 g/mol. The first-order valence-electron chi connectivity index (χ1n) is 3.57. The van der Waals surface area contributed by atoms with E-state index >= 15 is 0 Å². The van der Waals surface area contributed by atoms with Crippen molar-refractivity contribution in [2.24, 2.45) is 0 Å². The molecule has 14 heavy (non-hydrogen) atoms. The Bertz CT molecular complexity index is 426. The van der Waals surface area contributed by atoms with Gasteiger partial charge in [0.15, 0.2) is 0 Å². The fourth-order valence-electron chi connectivity index (χ4n) is 0.929. The van der Waals surface area contributed by atoms with Gasteiger partial charge in [-0.05, 0) is 28.1 Å². The molecule has 5 heteroatoms. The highest BCUT2D eigenvalue weighted by atomic mass is 79.9. The molecule has 0 heterocycles. The minimum absolute atomic E-state index is 0.00375. The van der Waals surface area contributed by atoms with E-state index in [9.17, 15) is 9.18 Å². The molecule has 0 atom stereocenters. The first kappa shape index (κ1) is 10.7. The Labute approximate surface area is 88.2 Å². The number of halogens is 2. The smallest absolute Gasteiger partial charge is 0.339 e. The number of benzene rings is 1. The number of nitriles is 1. The van der Waals surface area contributed by atoms with E-state index in [-0.39, 0.29) is 15.6 Å². The first-order chi connectivity index (χ1) is 6.60. The molecule has 0 amide bonds. The molecule has 0 spiro atoms. The number of rotatable bonds is 1. The number of nitrogens with zero attached hydrogens (tertiary/aromatic N) is 1. The van der Waals surface area contributed by atoms with Crippen LogP contribution in [0, 0.1) is 17.1 Å². The van der Waals surface area contributed by atoms with Crippen molar-refractivity contribution in [2.75, 3.05) is 7.11 Å². The van der Waals surface area contributed by atoms with Gasteiger partial charge in [0.2, 0.25) is 0 Å². The lowest BCUT2D eigenvalue weighted by Crippen LogP contribution is -2.04. The van der Waals surface area contributed by atoms with Crippen molar-refractivity contribution in [3.63, 3.8) is 0 Å². The maximum Gasteiger partial charge on any atom is 0.339 e. The molecule has 0 N–H and O–H groups in total. The minimum Gasteiger partial charge on any atom is -0.465 e. The van der Waals surface area contributed by atoms with Gasteiger partial charge in [-0.25, -0.2) is 9.18 Å². The van der Waals surface area contributed by atoms with Crippen LogP contribution in [0.15, 0.2) is 16.6 Å². The molecule has 1 aromatic rings. The van der Waals surface area contributed by atoms with Crippen molar-refractivity contribution in [3.8, 4) is 6.07 Å². The first-order valence-corrected chi connectivity index (χ1v) is 4.37. The normalized spacial score (nSPS) is 9.29. The van der Waals surface area contributed by atoms with Crippen LogP contribution in [-0.2, 0) is 4.74 Å². The summed E-state index contributed by atoms with van der Waals surface area (Å²) in [4.78, 5) is 11.1. The molecular formula is C9H5BrFNO2. The predicted molar refractivity (Wildman–Crippen MR) is 50.2 cm³/mol. The highest BCUT2D eigenvalue weighted by molar-refractivity contribution is 9.10. The Kier molecular flexibility index (Phi) is 3.20. The lowest BCUT2D eigenvalue weighted by atomic mass is 10.1. The molecule has 1 rings (SSSR count). The van der Waals surface area contributed by atoms with E-state index in [1.807, 2.05) is 0 Å². The van der Waals surface area contributed by atoms with Crippen LogP contribution >= 0.6 is 15.9 Å². The quantitative estimate of drug-likeness (QED) is 0.726. The molecule has 0 saturated heterocycles. The number of methoxy groups -OCH3 is 1. The van der Waals surface area contributed by atoms with E-state index in [0.29, 0.717) is 0 Å². The number of carbonyl (C=O) groups excluding carboxylic acids is 1. The Balaban J connectivity index is 3.38. The van der Waals surface area contributed by atoms with Crippen molar-refractivity contribution in [2.45, 2.75) is 0 Å². The van der Waals surface area contributed by atoms with E-state index in [4.69, 9.17) is 5.26 Å². The second-order valence-corrected chi connectivity index (χ2v) is 3.21. The van der Waals surface area contributed by atoms with Crippen LogP contribution in [0.1, 0.15) is 15.9 Å². The summed E-state index contributed by atoms with van der Waals surface area (Å²) in [6.07, 6.45) is 0. The summed E-state index contributed by atoms with van der Waals surface area (Å²) in [5, 5.41) is 8.62. The summed E-state index contributed by atoms with van der Waals surface area (Å²) in [5.41, 5.74) is 0.0643. The predicted octanol–water partition coefficient (Wildman–Crippen LogP) is 2.25. The van der Waals surface area contributed by atoms with Gasteiger partial charge in [-0.2, -0.15) is 5.26 Å². The zero-order chi connectivity index (χ0) is 10.7. The van der Waals surface area contributed by atoms with Gasteiger partial charge in [0, 0.05) is 0 Å². The number of ether oxygens (including phenoxy) is 1. The summed E-state index contributed by atoms with van der Waals surface area (Å²) < 4.78 is 17.6. The molecule has 0 aliphatic heterocycles. The van der Waals surface area contributed by atoms with Crippen molar-refractivity contribution in [3.05, 3.63) is 33.5 Å². The van der Waals surface area contributed by atoms with Gasteiger partial charge in [-0.1, -0.05) is 0 Å². The molecule has 0 fully saturated rings. The molecule has 0 aliphatic carbocycles. The second kappa shape index (κ2) is 4.20. The minimum atomic E-state index is -0.687. The van der Waals surface area contributed by atoms with Crippen LogP contribution in [-0.4, -0.2) is 13.1 Å². The third kappa shape index (κ3) is 1.91. The fourth-order valence-corrected chi connectivity index (χ4v) is 1.41. The summed E-state index contributed by atoms with van der Waals surface area (Å²) in [6, 6.07) is 3.81. The van der Waals surface area contributed by atoms with Crippen LogP contribution < -0.4 is 0 Å². The molecule has 1 aromatic carbocycles. The molecule has 0 aliphatic rings. The largest absolute Gasteiger partial charge is 0.465 e. The lowest BCUT2D eigenvalue weighted by molar-refractivity contribution is 0.0599. The second-order valence-electron chi connectivity index (χ2n) is 2.42. The van der Waals surface area contributed by atoms with Gasteiger partial charge in [-0.3, -0.25) is 0 Å². The molecule has 0 aromatic heterocycles. The summed E-state index contributed by atoms with van der Waals surface area (Å²) in [7, 11) is 1.19. The Hall–Kier alpha value is -1.41. The Morgan fingerprint density at radius 2 is 2.29 bits per heavy atom. The molecule has 0 saturated carbocycles. The van der Waals surface area contributed by atoms with Gasteiger partial charge in [0.1, 0.15) is 11.9 Å². The average Bonchev–Trinajstić information content (AvgIpc) is 2.19. The summed E-state index contributed by atoms with van der Waals surface area (Å²) >= 11 is 3.03. The fraction of sp³-hybridized carbons (Fsp3) is 0.111. The van der Waals surface area contributed by atoms with Gasteiger partial charge < -0.3 is 4.74 Å². The van der Waals surface area contributed by atoms with E-state index in [1.54, 1.807) is 6.07 Å². The van der Waals surface area contributed by atoms with Crippen LogP contribution in [0.4, 0.5) is 4.39 Å². The zero-order valence-electron chi connectivity index (χ0n) is 7.17. The monoisotopic (exact) mass is 257 g/mol. The third-order valence-electron chi connectivity index (χ3n) is 1.56. The van der Waals surface area contributed by atoms with Crippen LogP contribution in [0.25, 0.3) is 0 Å². The van der Waals surface area contributed by atoms with Gasteiger partial charge >= 0.3 is 5.97 Å². The van der Waals surface area contributed by atoms with Gasteiger partial charge in [0.25, 0.3) is 0 Å². The zero-order valence-corrected chi connectivity index (χ0v) is 8.76. The van der Waals surface area contributed by atoms with Crippen molar-refractivity contribution < 1.29 is 13.9 Å². The third-order valence-corrected chi connectivity index (χ3v) is 2.42. The Morgan fingerprint density at radius 1 is 1.64 bits per heavy atom. The number of esters is 1. The molecule has 0 bridgehead atoms. The number of carbonyl (C=O) groups is 1. The molecule has 0 radical (unpaired) electrons. The lowest BCUT2D eigenvalue weighted by Gasteiger charge is -2.03. The molecular weight excluding hydrogens is 253 g/mol. The van der Waals surface area contributed by atoms with Gasteiger partial charge in [-0.15, -0.1) is 0 Å². The highest BCUT2D eigenvalue weighted by Gasteiger charge is 2.15. The van der Waals surface area contributed by atoms with E-state index in [0.717, 1.165) is 12.1 Å². The SMILES string of the molecule is COC(=O)c1cc(F)cc(C#N)c1Br. The van der Waals surface area contributed by atoms with Crippen molar-refractivity contribution in [1.82, 2.24) is 0 Å². The van der Waals surface area contributed by atoms with Crippen LogP contribution in [0.2, 0.25) is 0 Å². The van der Waals surface area contributed by atoms with Crippen molar-refractivity contribution in [1.29, 1.82) is 5.26 Å². The van der Waals surface area contributed by atoms with E-state index < -0.39 is 11.8 Å². The topological polar surface area (TPSA) is 50.1 Å². The van der Waals surface area contributed by atoms with Crippen LogP contribution in [0.5, 0.6) is 0 Å². The highest BCUT2D eigenvalue weighted by Crippen LogP contribution is 2.23. The molecule has 72 valence electrons. The number of hydrogen-bond acceptors (Lipinski definition) is 3. The van der Waals surface area contributed by atoms with Crippen molar-refractivity contribution >= 4 is 21.9 Å². The van der Waals surface area contributed by atoms with Crippen LogP contribution in [0.3, 0.4) is 0 Å². The Morgan fingerprint density at radius 3 is 2.79 bits per heavy atom. The molecule has 0 unspecified atom stereocenters. The maximum atomic E-state index is 12.9. The molecule has 3 nitrogen and oxygen atoms in total. The van der Waals surface area contributed by atoms with E-state index in [2.05, 4.69) is 20.7 Å². The summed E-state index contributed by atoms with van der Waals surface area (Å²) in [6.45, 7) is 0. The maximum absolute atomic E-state index is 12.9.